The molecule has 0 aromatic heterocycles. The zero-order valence-corrected chi connectivity index (χ0v) is 9.45. The number of aliphatic hydroxyl groups excluding tert-OH is 1. The molecule has 3 rings (SSSR count). The van der Waals surface area contributed by atoms with Crippen molar-refractivity contribution in [1.82, 2.24) is 0 Å². The second kappa shape index (κ2) is 3.74. The molecule has 0 aromatic carbocycles. The second-order valence-electron chi connectivity index (χ2n) is 5.88. The first kappa shape index (κ1) is 10.1. The highest BCUT2D eigenvalue weighted by Gasteiger charge is 2.43. The fourth-order valence-electron chi connectivity index (χ4n) is 3.26. The van der Waals surface area contributed by atoms with Crippen LogP contribution in [0.15, 0.2) is 0 Å². The van der Waals surface area contributed by atoms with E-state index < -0.39 is 0 Å². The van der Waals surface area contributed by atoms with Gasteiger partial charge in [0, 0.05) is 6.61 Å². The lowest BCUT2D eigenvalue weighted by atomic mass is 9.71. The number of hydrogen-bond acceptors (Lipinski definition) is 2. The Morgan fingerprint density at radius 1 is 1.27 bits per heavy atom. The van der Waals surface area contributed by atoms with Crippen LogP contribution in [0.3, 0.4) is 0 Å². The Hall–Kier alpha value is -0.0800. The van der Waals surface area contributed by atoms with Crippen LogP contribution in [0, 0.1) is 11.8 Å². The van der Waals surface area contributed by atoms with E-state index in [-0.39, 0.29) is 11.7 Å². The van der Waals surface area contributed by atoms with Crippen LogP contribution in [-0.2, 0) is 4.74 Å². The second-order valence-corrected chi connectivity index (χ2v) is 5.88. The SMILES string of the molecule is OC(CC1CCOC2(CCC2)C1)C1CC1. The van der Waals surface area contributed by atoms with E-state index in [0.29, 0.717) is 5.92 Å². The van der Waals surface area contributed by atoms with Gasteiger partial charge in [-0.1, -0.05) is 0 Å². The minimum absolute atomic E-state index is 0.00905. The molecule has 2 unspecified atom stereocenters. The van der Waals surface area contributed by atoms with Crippen molar-refractivity contribution in [2.45, 2.75) is 63.1 Å². The predicted octanol–water partition coefficient (Wildman–Crippen LogP) is 2.50. The molecular weight excluding hydrogens is 188 g/mol. The van der Waals surface area contributed by atoms with Crippen LogP contribution in [0.4, 0.5) is 0 Å². The van der Waals surface area contributed by atoms with Crippen LogP contribution in [-0.4, -0.2) is 23.4 Å². The average molecular weight is 210 g/mol. The Kier molecular flexibility index (Phi) is 2.52. The van der Waals surface area contributed by atoms with E-state index in [4.69, 9.17) is 4.74 Å². The summed E-state index contributed by atoms with van der Waals surface area (Å²) in [6.07, 6.45) is 9.82. The normalized spacial score (nSPS) is 36.2. The van der Waals surface area contributed by atoms with Crippen molar-refractivity contribution < 1.29 is 9.84 Å². The van der Waals surface area contributed by atoms with Gasteiger partial charge in [0.25, 0.3) is 0 Å². The van der Waals surface area contributed by atoms with Crippen molar-refractivity contribution in [2.24, 2.45) is 11.8 Å². The van der Waals surface area contributed by atoms with Crippen molar-refractivity contribution >= 4 is 0 Å². The van der Waals surface area contributed by atoms with Gasteiger partial charge in [-0.25, -0.2) is 0 Å². The minimum Gasteiger partial charge on any atom is -0.393 e. The van der Waals surface area contributed by atoms with Gasteiger partial charge in [0.15, 0.2) is 0 Å². The van der Waals surface area contributed by atoms with Gasteiger partial charge in [-0.2, -0.15) is 0 Å². The number of aliphatic hydroxyl groups is 1. The first-order chi connectivity index (χ1) is 7.27. The maximum absolute atomic E-state index is 9.96. The van der Waals surface area contributed by atoms with Gasteiger partial charge >= 0.3 is 0 Å². The first-order valence-electron chi connectivity index (χ1n) is 6.59. The number of hydrogen-bond donors (Lipinski definition) is 1. The molecule has 86 valence electrons. The maximum Gasteiger partial charge on any atom is 0.0685 e. The largest absolute Gasteiger partial charge is 0.393 e. The smallest absolute Gasteiger partial charge is 0.0685 e. The molecule has 2 nitrogen and oxygen atoms in total. The van der Waals surface area contributed by atoms with Gasteiger partial charge in [-0.05, 0) is 63.2 Å². The summed E-state index contributed by atoms with van der Waals surface area (Å²) in [7, 11) is 0. The van der Waals surface area contributed by atoms with Crippen LogP contribution >= 0.6 is 0 Å². The number of ether oxygens (including phenoxy) is 1. The molecule has 0 bridgehead atoms. The van der Waals surface area contributed by atoms with Gasteiger partial charge in [0.1, 0.15) is 0 Å². The molecule has 1 N–H and O–H groups in total. The fourth-order valence-corrected chi connectivity index (χ4v) is 3.26. The Morgan fingerprint density at radius 2 is 2.07 bits per heavy atom. The third-order valence-corrected chi connectivity index (χ3v) is 4.60. The molecule has 1 saturated heterocycles. The van der Waals surface area contributed by atoms with E-state index in [1.165, 1.54) is 44.9 Å². The van der Waals surface area contributed by atoms with Crippen molar-refractivity contribution in [3.63, 3.8) is 0 Å². The lowest BCUT2D eigenvalue weighted by Gasteiger charge is -2.47. The summed E-state index contributed by atoms with van der Waals surface area (Å²) < 4.78 is 5.91. The zero-order valence-electron chi connectivity index (χ0n) is 9.45. The standard InChI is InChI=1S/C13H22O2/c14-12(11-2-3-11)8-10-4-7-15-13(9-10)5-1-6-13/h10-12,14H,1-9H2. The van der Waals surface area contributed by atoms with Crippen LogP contribution < -0.4 is 0 Å². The molecule has 15 heavy (non-hydrogen) atoms. The molecule has 3 aliphatic rings. The summed E-state index contributed by atoms with van der Waals surface area (Å²) >= 11 is 0. The average Bonchev–Trinajstić information content (AvgIpc) is 2.99. The molecule has 3 fully saturated rings. The van der Waals surface area contributed by atoms with Crippen molar-refractivity contribution in [3.05, 3.63) is 0 Å². The molecule has 0 radical (unpaired) electrons. The topological polar surface area (TPSA) is 29.5 Å². The van der Waals surface area contributed by atoms with Gasteiger partial charge in [0.05, 0.1) is 11.7 Å². The molecule has 0 amide bonds. The molecule has 2 aliphatic carbocycles. The van der Waals surface area contributed by atoms with E-state index in [9.17, 15) is 5.11 Å². The lowest BCUT2D eigenvalue weighted by molar-refractivity contribution is -0.147. The summed E-state index contributed by atoms with van der Waals surface area (Å²) in [5, 5.41) is 9.96. The summed E-state index contributed by atoms with van der Waals surface area (Å²) in [4.78, 5) is 0. The quantitative estimate of drug-likeness (QED) is 0.775. The molecule has 1 heterocycles. The number of rotatable bonds is 3. The highest BCUT2D eigenvalue weighted by molar-refractivity contribution is 4.95. The van der Waals surface area contributed by atoms with Crippen LogP contribution in [0.1, 0.15) is 51.4 Å². The van der Waals surface area contributed by atoms with Crippen molar-refractivity contribution in [1.29, 1.82) is 0 Å². The Bertz CT molecular complexity index is 231. The van der Waals surface area contributed by atoms with E-state index in [0.717, 1.165) is 18.9 Å². The van der Waals surface area contributed by atoms with Gasteiger partial charge in [0.2, 0.25) is 0 Å². The minimum atomic E-state index is -0.00905. The molecule has 2 saturated carbocycles. The van der Waals surface area contributed by atoms with E-state index in [2.05, 4.69) is 0 Å². The van der Waals surface area contributed by atoms with E-state index in [1.807, 2.05) is 0 Å². The summed E-state index contributed by atoms with van der Waals surface area (Å²) in [6.45, 7) is 0.933. The monoisotopic (exact) mass is 210 g/mol. The Morgan fingerprint density at radius 3 is 2.67 bits per heavy atom. The zero-order chi connectivity index (χ0) is 10.3. The Labute approximate surface area is 92.0 Å². The summed E-state index contributed by atoms with van der Waals surface area (Å²) in [6, 6.07) is 0. The molecule has 2 heteroatoms. The highest BCUT2D eigenvalue weighted by atomic mass is 16.5. The van der Waals surface area contributed by atoms with Gasteiger partial charge in [-0.15, -0.1) is 0 Å². The molecule has 1 spiro atoms. The Balaban J connectivity index is 1.52. The molecule has 0 aromatic rings. The predicted molar refractivity (Wildman–Crippen MR) is 58.6 cm³/mol. The molecule has 2 atom stereocenters. The van der Waals surface area contributed by atoms with Crippen molar-refractivity contribution in [3.8, 4) is 0 Å². The fraction of sp³-hybridized carbons (Fsp3) is 1.00. The van der Waals surface area contributed by atoms with Crippen LogP contribution in [0.2, 0.25) is 0 Å². The van der Waals surface area contributed by atoms with Gasteiger partial charge < -0.3 is 9.84 Å². The van der Waals surface area contributed by atoms with Gasteiger partial charge in [-0.3, -0.25) is 0 Å². The van der Waals surface area contributed by atoms with E-state index >= 15 is 0 Å². The van der Waals surface area contributed by atoms with Crippen LogP contribution in [0.25, 0.3) is 0 Å². The van der Waals surface area contributed by atoms with Crippen LogP contribution in [0.5, 0.6) is 0 Å². The van der Waals surface area contributed by atoms with E-state index in [1.54, 1.807) is 0 Å². The third kappa shape index (κ3) is 2.07. The summed E-state index contributed by atoms with van der Waals surface area (Å²) in [5.41, 5.74) is 0.256. The third-order valence-electron chi connectivity index (χ3n) is 4.60. The maximum atomic E-state index is 9.96. The molecular formula is C13H22O2. The summed E-state index contributed by atoms with van der Waals surface area (Å²) in [5.74, 6) is 1.37. The first-order valence-corrected chi connectivity index (χ1v) is 6.59. The lowest BCUT2D eigenvalue weighted by Crippen LogP contribution is -2.46. The van der Waals surface area contributed by atoms with Crippen molar-refractivity contribution in [2.75, 3.05) is 6.61 Å². The molecule has 1 aliphatic heterocycles. The highest BCUT2D eigenvalue weighted by Crippen LogP contribution is 2.46.